The highest BCUT2D eigenvalue weighted by atomic mass is 16.2. The lowest BCUT2D eigenvalue weighted by atomic mass is 9.98. The van der Waals surface area contributed by atoms with Crippen molar-refractivity contribution in [3.05, 3.63) is 89.7 Å². The lowest BCUT2D eigenvalue weighted by molar-refractivity contribution is -0.117. The van der Waals surface area contributed by atoms with Gasteiger partial charge in [0.05, 0.1) is 11.3 Å². The number of hydrogen-bond acceptors (Lipinski definition) is 4. The minimum absolute atomic E-state index is 0.00877. The molecular formula is C28H24N4O3. The molecule has 0 saturated carbocycles. The van der Waals surface area contributed by atoms with Crippen LogP contribution in [0.2, 0.25) is 0 Å². The van der Waals surface area contributed by atoms with E-state index >= 15 is 0 Å². The number of anilines is 2. The van der Waals surface area contributed by atoms with Crippen molar-refractivity contribution >= 4 is 29.1 Å². The minimum Gasteiger partial charge on any atom is -0.326 e. The van der Waals surface area contributed by atoms with Crippen molar-refractivity contribution < 1.29 is 14.4 Å². The Hall–Kier alpha value is -4.44. The van der Waals surface area contributed by atoms with E-state index in [1.54, 1.807) is 40.3 Å². The van der Waals surface area contributed by atoms with Gasteiger partial charge in [0.2, 0.25) is 11.8 Å². The molecule has 0 bridgehead atoms. The van der Waals surface area contributed by atoms with E-state index in [0.717, 1.165) is 5.56 Å². The number of amides is 3. The standard InChI is InChI=1S/C28H24N4O3/c1-28-16-14-26(34)32(28)24-11-3-2-10-23(24)27(35)31(28)18-15-25(33)30-22-9-6-7-20(19-22)12-13-21-8-4-5-17-29-21/h2-11,17,19H,14-16,18H2,1H3,(H,30,33). The fourth-order valence-electron chi connectivity index (χ4n) is 4.73. The van der Waals surface area contributed by atoms with Crippen LogP contribution in [0.3, 0.4) is 0 Å². The molecule has 3 amide bonds. The maximum Gasteiger partial charge on any atom is 0.257 e. The summed E-state index contributed by atoms with van der Waals surface area (Å²) in [4.78, 5) is 46.3. The van der Waals surface area contributed by atoms with Crippen LogP contribution in [-0.2, 0) is 9.59 Å². The molecule has 0 aliphatic carbocycles. The molecule has 0 radical (unpaired) electrons. The molecule has 1 atom stereocenters. The largest absolute Gasteiger partial charge is 0.326 e. The molecule has 7 nitrogen and oxygen atoms in total. The molecule has 3 aromatic rings. The van der Waals surface area contributed by atoms with Crippen LogP contribution in [0.5, 0.6) is 0 Å². The Morgan fingerprint density at radius 3 is 2.71 bits per heavy atom. The number of fused-ring (bicyclic) bond motifs is 3. The third-order valence-electron chi connectivity index (χ3n) is 6.45. The van der Waals surface area contributed by atoms with Crippen molar-refractivity contribution in [1.29, 1.82) is 0 Å². The van der Waals surface area contributed by atoms with Gasteiger partial charge in [0.15, 0.2) is 0 Å². The van der Waals surface area contributed by atoms with Gasteiger partial charge in [-0.2, -0.15) is 0 Å². The van der Waals surface area contributed by atoms with Gasteiger partial charge >= 0.3 is 0 Å². The van der Waals surface area contributed by atoms with Crippen LogP contribution in [0.4, 0.5) is 11.4 Å². The Morgan fingerprint density at radius 1 is 1.06 bits per heavy atom. The van der Waals surface area contributed by atoms with Gasteiger partial charge in [0.1, 0.15) is 11.4 Å². The van der Waals surface area contributed by atoms with Crippen molar-refractivity contribution in [3.63, 3.8) is 0 Å². The first-order chi connectivity index (χ1) is 17.0. The zero-order chi connectivity index (χ0) is 24.4. The molecule has 7 heteroatoms. The molecule has 1 aromatic heterocycles. The van der Waals surface area contributed by atoms with Crippen molar-refractivity contribution in [2.45, 2.75) is 31.8 Å². The highest BCUT2D eigenvalue weighted by Crippen LogP contribution is 2.43. The minimum atomic E-state index is -0.774. The number of para-hydroxylation sites is 1. The predicted octanol–water partition coefficient (Wildman–Crippen LogP) is 3.81. The zero-order valence-corrected chi connectivity index (χ0v) is 19.3. The van der Waals surface area contributed by atoms with Gasteiger partial charge < -0.3 is 10.2 Å². The number of carbonyl (C=O) groups is 3. The Balaban J connectivity index is 1.28. The smallest absolute Gasteiger partial charge is 0.257 e. The third-order valence-corrected chi connectivity index (χ3v) is 6.45. The number of carbonyl (C=O) groups excluding carboxylic acids is 3. The number of nitrogens with zero attached hydrogens (tertiary/aromatic N) is 3. The Bertz CT molecular complexity index is 1380. The lowest BCUT2D eigenvalue weighted by Crippen LogP contribution is -2.62. The normalized spacial score (nSPS) is 18.4. The Morgan fingerprint density at radius 2 is 1.89 bits per heavy atom. The summed E-state index contributed by atoms with van der Waals surface area (Å²) in [5.74, 6) is 5.67. The summed E-state index contributed by atoms with van der Waals surface area (Å²) in [6, 6.07) is 20.0. The molecule has 1 unspecified atom stereocenters. The first-order valence-electron chi connectivity index (χ1n) is 11.5. The Labute approximate surface area is 203 Å². The number of rotatable bonds is 4. The number of aromatic nitrogens is 1. The first kappa shape index (κ1) is 22.4. The maximum absolute atomic E-state index is 13.3. The van der Waals surface area contributed by atoms with E-state index in [9.17, 15) is 14.4 Å². The van der Waals surface area contributed by atoms with Crippen molar-refractivity contribution in [1.82, 2.24) is 9.88 Å². The van der Waals surface area contributed by atoms with Gasteiger partial charge in [-0.1, -0.05) is 30.2 Å². The second kappa shape index (κ2) is 9.07. The lowest BCUT2D eigenvalue weighted by Gasteiger charge is -2.48. The van der Waals surface area contributed by atoms with Crippen LogP contribution >= 0.6 is 0 Å². The van der Waals surface area contributed by atoms with Crippen LogP contribution in [0.15, 0.2) is 72.9 Å². The van der Waals surface area contributed by atoms with Gasteiger partial charge in [-0.3, -0.25) is 19.3 Å². The summed E-state index contributed by atoms with van der Waals surface area (Å²) in [5, 5.41) is 2.89. The monoisotopic (exact) mass is 464 g/mol. The molecule has 5 rings (SSSR count). The molecule has 174 valence electrons. The quantitative estimate of drug-likeness (QED) is 0.596. The van der Waals surface area contributed by atoms with Crippen LogP contribution in [0, 0.1) is 11.8 Å². The van der Waals surface area contributed by atoms with Gasteiger partial charge in [-0.15, -0.1) is 0 Å². The molecule has 2 aliphatic rings. The summed E-state index contributed by atoms with van der Waals surface area (Å²) in [6.07, 6.45) is 2.69. The predicted molar refractivity (Wildman–Crippen MR) is 133 cm³/mol. The van der Waals surface area contributed by atoms with Gasteiger partial charge in [0.25, 0.3) is 5.91 Å². The highest BCUT2D eigenvalue weighted by molar-refractivity contribution is 6.10. The number of pyridine rings is 1. The average Bonchev–Trinajstić information content (AvgIpc) is 3.18. The highest BCUT2D eigenvalue weighted by Gasteiger charge is 2.52. The van der Waals surface area contributed by atoms with E-state index in [4.69, 9.17) is 0 Å². The fourth-order valence-corrected chi connectivity index (χ4v) is 4.73. The van der Waals surface area contributed by atoms with Crippen molar-refractivity contribution in [3.8, 4) is 11.8 Å². The summed E-state index contributed by atoms with van der Waals surface area (Å²) >= 11 is 0. The van der Waals surface area contributed by atoms with Gasteiger partial charge in [-0.25, -0.2) is 4.98 Å². The first-order valence-corrected chi connectivity index (χ1v) is 11.5. The summed E-state index contributed by atoms with van der Waals surface area (Å²) < 4.78 is 0. The topological polar surface area (TPSA) is 82.6 Å². The average molecular weight is 465 g/mol. The summed E-state index contributed by atoms with van der Waals surface area (Å²) in [7, 11) is 0. The molecule has 1 N–H and O–H groups in total. The Kier molecular flexibility index (Phi) is 5.79. The molecule has 1 saturated heterocycles. The van der Waals surface area contributed by atoms with Crippen LogP contribution < -0.4 is 10.2 Å². The van der Waals surface area contributed by atoms with E-state index in [-0.39, 0.29) is 30.7 Å². The molecular weight excluding hydrogens is 440 g/mol. The zero-order valence-electron chi connectivity index (χ0n) is 19.3. The molecule has 0 spiro atoms. The number of nitrogens with one attached hydrogen (secondary N) is 1. The number of benzene rings is 2. The molecule has 3 heterocycles. The maximum atomic E-state index is 13.3. The van der Waals surface area contributed by atoms with Crippen LogP contribution in [0.1, 0.15) is 47.8 Å². The molecule has 2 aromatic carbocycles. The molecule has 35 heavy (non-hydrogen) atoms. The van der Waals surface area contributed by atoms with E-state index in [2.05, 4.69) is 22.1 Å². The summed E-state index contributed by atoms with van der Waals surface area (Å²) in [6.45, 7) is 2.10. The van der Waals surface area contributed by atoms with Crippen molar-refractivity contribution in [2.75, 3.05) is 16.8 Å². The molecule has 2 aliphatic heterocycles. The van der Waals surface area contributed by atoms with E-state index in [1.165, 1.54) is 0 Å². The van der Waals surface area contributed by atoms with Crippen LogP contribution in [-0.4, -0.2) is 39.8 Å². The number of hydrogen-bond donors (Lipinski definition) is 1. The van der Waals surface area contributed by atoms with Crippen LogP contribution in [0.25, 0.3) is 0 Å². The third kappa shape index (κ3) is 4.26. The second-order valence-corrected chi connectivity index (χ2v) is 8.76. The summed E-state index contributed by atoms with van der Waals surface area (Å²) in [5.41, 5.74) is 2.41. The van der Waals surface area contributed by atoms with E-state index in [0.29, 0.717) is 35.5 Å². The van der Waals surface area contributed by atoms with E-state index < -0.39 is 5.66 Å². The van der Waals surface area contributed by atoms with E-state index in [1.807, 2.05) is 49.4 Å². The van der Waals surface area contributed by atoms with Gasteiger partial charge in [0, 0.05) is 36.8 Å². The van der Waals surface area contributed by atoms with Gasteiger partial charge in [-0.05, 0) is 61.7 Å². The second-order valence-electron chi connectivity index (χ2n) is 8.76. The van der Waals surface area contributed by atoms with Crippen molar-refractivity contribution in [2.24, 2.45) is 0 Å². The molecule has 1 fully saturated rings. The SMILES string of the molecule is CC12CCC(=O)N1c1ccccc1C(=O)N2CCC(=O)Nc1cccc(C#Cc2ccccn2)c1. The fraction of sp³-hybridized carbons (Fsp3) is 0.214.